The van der Waals surface area contributed by atoms with E-state index in [9.17, 15) is 13.0 Å². The molecule has 0 saturated heterocycles. The number of likely N-dealkylation sites (N-methyl/N-ethyl adjacent to an activating group) is 1. The fourth-order valence-electron chi connectivity index (χ4n) is 0.926. The van der Waals surface area contributed by atoms with E-state index in [1.54, 1.807) is 14.1 Å². The van der Waals surface area contributed by atoms with Crippen LogP contribution in [0.5, 0.6) is 0 Å². The SMILES string of the molecule is CN(C)CCNCC(P(=O)(O)O)S(=O)(=O)O. The van der Waals surface area contributed by atoms with E-state index in [0.717, 1.165) is 0 Å². The van der Waals surface area contributed by atoms with Gasteiger partial charge in [-0.25, -0.2) is 0 Å². The van der Waals surface area contributed by atoms with Gasteiger partial charge in [-0.3, -0.25) is 9.12 Å². The summed E-state index contributed by atoms with van der Waals surface area (Å²) in [5.41, 5.74) is 0. The van der Waals surface area contributed by atoms with Gasteiger partial charge in [0, 0.05) is 19.6 Å². The zero-order valence-corrected chi connectivity index (χ0v) is 10.8. The molecule has 0 aliphatic heterocycles. The first kappa shape index (κ1) is 16.0. The third kappa shape index (κ3) is 6.54. The largest absolute Gasteiger partial charge is 0.347 e. The molecule has 0 saturated carbocycles. The highest BCUT2D eigenvalue weighted by Crippen LogP contribution is 2.43. The number of hydrogen-bond donors (Lipinski definition) is 4. The molecule has 0 aromatic carbocycles. The molecule has 8 nitrogen and oxygen atoms in total. The molecule has 0 aliphatic rings. The van der Waals surface area contributed by atoms with Gasteiger partial charge in [0.05, 0.1) is 0 Å². The molecule has 0 amide bonds. The zero-order valence-electron chi connectivity index (χ0n) is 9.07. The van der Waals surface area contributed by atoms with Crippen LogP contribution in [0.3, 0.4) is 0 Å². The summed E-state index contributed by atoms with van der Waals surface area (Å²) in [5.74, 6) is 0. The second-order valence-corrected chi connectivity index (χ2v) is 7.32. The Morgan fingerprint density at radius 1 is 1.38 bits per heavy atom. The van der Waals surface area contributed by atoms with Crippen LogP contribution in [-0.2, 0) is 14.7 Å². The predicted molar refractivity (Wildman–Crippen MR) is 58.8 cm³/mol. The van der Waals surface area contributed by atoms with Crippen molar-refractivity contribution in [2.45, 2.75) is 4.99 Å². The lowest BCUT2D eigenvalue weighted by Crippen LogP contribution is -2.36. The van der Waals surface area contributed by atoms with E-state index in [1.807, 2.05) is 4.90 Å². The van der Waals surface area contributed by atoms with Crippen LogP contribution in [0.15, 0.2) is 0 Å². The molecule has 0 radical (unpaired) electrons. The molecule has 0 heterocycles. The van der Waals surface area contributed by atoms with Crippen LogP contribution >= 0.6 is 7.60 Å². The molecule has 1 atom stereocenters. The Morgan fingerprint density at radius 2 is 1.88 bits per heavy atom. The Hall–Kier alpha value is -0.0200. The minimum Gasteiger partial charge on any atom is -0.323 e. The molecule has 16 heavy (non-hydrogen) atoms. The summed E-state index contributed by atoms with van der Waals surface area (Å²) in [7, 11) is -6.04. The Bertz CT molecular complexity index is 350. The van der Waals surface area contributed by atoms with Crippen molar-refractivity contribution in [3.8, 4) is 0 Å². The van der Waals surface area contributed by atoms with E-state index in [2.05, 4.69) is 5.32 Å². The van der Waals surface area contributed by atoms with Crippen LogP contribution in [0, 0.1) is 0 Å². The van der Waals surface area contributed by atoms with E-state index in [-0.39, 0.29) is 0 Å². The normalized spacial score (nSPS) is 15.4. The van der Waals surface area contributed by atoms with Crippen molar-refractivity contribution in [1.82, 2.24) is 10.2 Å². The van der Waals surface area contributed by atoms with Crippen LogP contribution < -0.4 is 5.32 Å². The Labute approximate surface area is 94.6 Å². The Balaban J connectivity index is 4.33. The summed E-state index contributed by atoms with van der Waals surface area (Å²) in [6, 6.07) is 0. The molecule has 4 N–H and O–H groups in total. The van der Waals surface area contributed by atoms with E-state index >= 15 is 0 Å². The van der Waals surface area contributed by atoms with E-state index in [4.69, 9.17) is 14.3 Å². The second-order valence-electron chi connectivity index (χ2n) is 3.57. The zero-order chi connectivity index (χ0) is 13.0. The van der Waals surface area contributed by atoms with Gasteiger partial charge in [-0.1, -0.05) is 0 Å². The summed E-state index contributed by atoms with van der Waals surface area (Å²) < 4.78 is 40.9. The highest BCUT2D eigenvalue weighted by atomic mass is 32.2. The van der Waals surface area contributed by atoms with Crippen molar-refractivity contribution in [2.75, 3.05) is 33.7 Å². The lowest BCUT2D eigenvalue weighted by atomic mass is 10.5. The van der Waals surface area contributed by atoms with Gasteiger partial charge in [-0.05, 0) is 14.1 Å². The van der Waals surface area contributed by atoms with Crippen LogP contribution in [0.25, 0.3) is 0 Å². The summed E-state index contributed by atoms with van der Waals surface area (Å²) in [4.78, 5) is 17.2. The van der Waals surface area contributed by atoms with Crippen LogP contribution in [-0.4, -0.2) is 66.4 Å². The topological polar surface area (TPSA) is 127 Å². The second kappa shape index (κ2) is 6.06. The number of rotatable bonds is 7. The van der Waals surface area contributed by atoms with E-state index in [0.29, 0.717) is 13.1 Å². The fourth-order valence-corrected chi connectivity index (χ4v) is 3.01. The van der Waals surface area contributed by atoms with Gasteiger partial charge in [0.2, 0.25) is 0 Å². The summed E-state index contributed by atoms with van der Waals surface area (Å²) in [5, 5.41) is 2.56. The molecule has 0 fully saturated rings. The molecule has 0 aromatic rings. The smallest absolute Gasteiger partial charge is 0.323 e. The standard InChI is InChI=1S/C6H17N2O6PS/c1-8(2)4-3-7-5-6(15(9,10)11)16(12,13)14/h6-7H,3-5H2,1-2H3,(H2,9,10,11)(H,12,13,14). The van der Waals surface area contributed by atoms with Crippen LogP contribution in [0.1, 0.15) is 0 Å². The molecule has 0 aromatic heterocycles. The number of nitrogens with zero attached hydrogens (tertiary/aromatic N) is 1. The van der Waals surface area contributed by atoms with Crippen molar-refractivity contribution < 1.29 is 27.3 Å². The molecule has 1 unspecified atom stereocenters. The van der Waals surface area contributed by atoms with Crippen molar-refractivity contribution in [1.29, 1.82) is 0 Å². The van der Waals surface area contributed by atoms with Gasteiger partial charge in [-0.15, -0.1) is 0 Å². The van der Waals surface area contributed by atoms with E-state index in [1.165, 1.54) is 0 Å². The minimum atomic E-state index is -4.88. The van der Waals surface area contributed by atoms with Crippen LogP contribution in [0.2, 0.25) is 0 Å². The predicted octanol–water partition coefficient (Wildman–Crippen LogP) is -1.47. The third-order valence-electron chi connectivity index (χ3n) is 1.77. The fraction of sp³-hybridized carbons (Fsp3) is 1.00. The summed E-state index contributed by atoms with van der Waals surface area (Å²) in [6.45, 7) is 0.454. The number of hydrogen-bond acceptors (Lipinski definition) is 5. The average molecular weight is 276 g/mol. The Morgan fingerprint density at radius 3 is 2.19 bits per heavy atom. The average Bonchev–Trinajstić information content (AvgIpc) is 1.97. The Kier molecular flexibility index (Phi) is 6.05. The quantitative estimate of drug-likeness (QED) is 0.252. The highest BCUT2D eigenvalue weighted by molar-refractivity contribution is 7.93. The van der Waals surface area contributed by atoms with E-state index < -0.39 is 29.2 Å². The van der Waals surface area contributed by atoms with Crippen molar-refractivity contribution in [3.63, 3.8) is 0 Å². The number of nitrogens with one attached hydrogen (secondary N) is 1. The lowest BCUT2D eigenvalue weighted by Gasteiger charge is -2.17. The van der Waals surface area contributed by atoms with Crippen molar-refractivity contribution in [3.05, 3.63) is 0 Å². The molecular weight excluding hydrogens is 259 g/mol. The highest BCUT2D eigenvalue weighted by Gasteiger charge is 2.39. The minimum absolute atomic E-state index is 0.360. The first-order valence-corrected chi connectivity index (χ1v) is 7.60. The maximum absolute atomic E-state index is 10.8. The first-order valence-electron chi connectivity index (χ1n) is 4.42. The van der Waals surface area contributed by atoms with Crippen molar-refractivity contribution >= 4 is 17.7 Å². The van der Waals surface area contributed by atoms with Crippen LogP contribution in [0.4, 0.5) is 0 Å². The van der Waals surface area contributed by atoms with Gasteiger partial charge in [-0.2, -0.15) is 8.42 Å². The molecule has 0 bridgehead atoms. The third-order valence-corrected chi connectivity index (χ3v) is 5.18. The van der Waals surface area contributed by atoms with Gasteiger partial charge in [0.25, 0.3) is 10.1 Å². The molecule has 0 spiro atoms. The lowest BCUT2D eigenvalue weighted by molar-refractivity contribution is 0.358. The van der Waals surface area contributed by atoms with Gasteiger partial charge < -0.3 is 20.0 Å². The molecule has 0 aliphatic carbocycles. The maximum atomic E-state index is 10.8. The molecular formula is C6H17N2O6PS. The van der Waals surface area contributed by atoms with Crippen molar-refractivity contribution in [2.24, 2.45) is 0 Å². The summed E-state index contributed by atoms with van der Waals surface area (Å²) >= 11 is 0. The monoisotopic (exact) mass is 276 g/mol. The van der Waals surface area contributed by atoms with Gasteiger partial charge in [0.15, 0.2) is 4.99 Å². The first-order chi connectivity index (χ1) is 7.05. The molecule has 10 heteroatoms. The molecule has 98 valence electrons. The molecule has 0 rings (SSSR count). The van der Waals surface area contributed by atoms with Gasteiger partial charge >= 0.3 is 7.60 Å². The van der Waals surface area contributed by atoms with Gasteiger partial charge in [0.1, 0.15) is 0 Å². The summed E-state index contributed by atoms with van der Waals surface area (Å²) in [6.07, 6.45) is 0. The maximum Gasteiger partial charge on any atom is 0.347 e.